The summed E-state index contributed by atoms with van der Waals surface area (Å²) in [5, 5.41) is 1.04. The van der Waals surface area contributed by atoms with E-state index in [4.69, 9.17) is 16.2 Å². The van der Waals surface area contributed by atoms with E-state index in [0.717, 1.165) is 73.2 Å². The average molecular weight is 567 g/mol. The predicted molar refractivity (Wildman–Crippen MR) is 156 cm³/mol. The van der Waals surface area contributed by atoms with Crippen molar-refractivity contribution in [2.24, 2.45) is 11.5 Å². The van der Waals surface area contributed by atoms with Gasteiger partial charge in [0, 0.05) is 55.4 Å². The van der Waals surface area contributed by atoms with E-state index in [1.807, 2.05) is 12.1 Å². The maximum atomic E-state index is 12.8. The van der Waals surface area contributed by atoms with Crippen LogP contribution in [-0.2, 0) is 19.6 Å². The van der Waals surface area contributed by atoms with Crippen molar-refractivity contribution < 1.29 is 22.6 Å². The Morgan fingerprint density at radius 1 is 0.927 bits per heavy atom. The van der Waals surface area contributed by atoms with Crippen molar-refractivity contribution in [3.8, 4) is 22.6 Å². The van der Waals surface area contributed by atoms with Crippen LogP contribution in [0.2, 0.25) is 0 Å². The Balaban J connectivity index is 1.37. The molecule has 0 radical (unpaired) electrons. The lowest BCUT2D eigenvalue weighted by molar-refractivity contribution is -0.274. The molecule has 0 amide bonds. The van der Waals surface area contributed by atoms with E-state index in [9.17, 15) is 13.2 Å². The number of aromatic nitrogens is 1. The summed E-state index contributed by atoms with van der Waals surface area (Å²) < 4.78 is 51.0. The van der Waals surface area contributed by atoms with Gasteiger partial charge in [-0.1, -0.05) is 24.3 Å². The van der Waals surface area contributed by atoms with E-state index >= 15 is 0 Å². The monoisotopic (exact) mass is 566 g/mol. The molecule has 6 nitrogen and oxygen atoms in total. The molecule has 0 unspecified atom stereocenters. The van der Waals surface area contributed by atoms with Gasteiger partial charge in [-0.2, -0.15) is 0 Å². The highest BCUT2D eigenvalue weighted by molar-refractivity contribution is 5.97. The first-order chi connectivity index (χ1) is 19.7. The Bertz CT molecular complexity index is 1480. The van der Waals surface area contributed by atoms with Gasteiger partial charge in [0.2, 0.25) is 0 Å². The summed E-state index contributed by atoms with van der Waals surface area (Å²) in [5.74, 6) is 0.652. The zero-order valence-corrected chi connectivity index (χ0v) is 23.3. The first kappa shape index (κ1) is 29.0. The molecule has 1 aliphatic rings. The zero-order valence-electron chi connectivity index (χ0n) is 23.3. The first-order valence-electron chi connectivity index (χ1n) is 14.1. The number of benzene rings is 3. The van der Waals surface area contributed by atoms with E-state index in [2.05, 4.69) is 57.7 Å². The van der Waals surface area contributed by atoms with Crippen LogP contribution in [0.3, 0.4) is 0 Å². The van der Waals surface area contributed by atoms with Crippen LogP contribution >= 0.6 is 0 Å². The summed E-state index contributed by atoms with van der Waals surface area (Å²) in [5.41, 5.74) is 17.5. The van der Waals surface area contributed by atoms with Crippen LogP contribution in [-0.4, -0.2) is 41.6 Å². The second kappa shape index (κ2) is 12.5. The van der Waals surface area contributed by atoms with Gasteiger partial charge in [-0.15, -0.1) is 13.2 Å². The van der Waals surface area contributed by atoms with Crippen molar-refractivity contribution in [1.82, 2.24) is 9.47 Å². The second-order valence-corrected chi connectivity index (χ2v) is 10.7. The Kier molecular flexibility index (Phi) is 8.87. The van der Waals surface area contributed by atoms with E-state index in [-0.39, 0.29) is 18.4 Å². The zero-order chi connectivity index (χ0) is 29.0. The largest absolute Gasteiger partial charge is 0.573 e. The van der Waals surface area contributed by atoms with E-state index in [1.54, 1.807) is 6.07 Å². The Morgan fingerprint density at radius 2 is 1.73 bits per heavy atom. The number of nitrogens with two attached hydrogens (primary N) is 2. The minimum Gasteiger partial charge on any atom is -0.490 e. The van der Waals surface area contributed by atoms with Crippen LogP contribution in [0.25, 0.3) is 22.0 Å². The van der Waals surface area contributed by atoms with Crippen molar-refractivity contribution in [2.45, 2.75) is 58.3 Å². The highest BCUT2D eigenvalue weighted by atomic mass is 19.4. The maximum Gasteiger partial charge on any atom is 0.573 e. The molecule has 5 rings (SSSR count). The molecular formula is C32H37F3N4O2. The van der Waals surface area contributed by atoms with Gasteiger partial charge in [0.05, 0.1) is 0 Å². The molecule has 0 atom stereocenters. The van der Waals surface area contributed by atoms with E-state index in [1.165, 1.54) is 23.3 Å². The number of rotatable bonds is 10. The molecule has 0 saturated carbocycles. The molecule has 3 aromatic carbocycles. The van der Waals surface area contributed by atoms with E-state index in [0.29, 0.717) is 12.1 Å². The maximum absolute atomic E-state index is 12.8. The molecule has 1 saturated heterocycles. The number of hydrogen-bond donors (Lipinski definition) is 2. The molecule has 4 aromatic rings. The number of alkyl halides is 3. The summed E-state index contributed by atoms with van der Waals surface area (Å²) in [6, 6.07) is 19.0. The van der Waals surface area contributed by atoms with E-state index < -0.39 is 6.36 Å². The van der Waals surface area contributed by atoms with Crippen LogP contribution in [0.15, 0.2) is 66.9 Å². The van der Waals surface area contributed by atoms with Crippen molar-refractivity contribution >= 4 is 10.9 Å². The smallest absolute Gasteiger partial charge is 0.490 e. The highest BCUT2D eigenvalue weighted by Crippen LogP contribution is 2.36. The molecule has 4 N–H and O–H groups in total. The average Bonchev–Trinajstić information content (AvgIpc) is 3.29. The summed E-state index contributed by atoms with van der Waals surface area (Å²) in [7, 11) is 0. The van der Waals surface area contributed by atoms with Crippen molar-refractivity contribution in [2.75, 3.05) is 19.6 Å². The number of piperidine rings is 1. The summed E-state index contributed by atoms with van der Waals surface area (Å²) in [4.78, 5) is 2.44. The third-order valence-corrected chi connectivity index (χ3v) is 7.60. The fourth-order valence-electron chi connectivity index (χ4n) is 5.63. The molecule has 1 aromatic heterocycles. The van der Waals surface area contributed by atoms with Gasteiger partial charge in [0.1, 0.15) is 17.6 Å². The molecule has 0 bridgehead atoms. The molecule has 2 heterocycles. The molecule has 9 heteroatoms. The van der Waals surface area contributed by atoms with Crippen LogP contribution < -0.4 is 20.9 Å². The van der Waals surface area contributed by atoms with Crippen molar-refractivity contribution in [3.63, 3.8) is 0 Å². The molecule has 218 valence electrons. The molecule has 1 fully saturated rings. The SMILES string of the molecule is Cc1cccc(OC2CCN(Cc3ccc4c(c3)c(-c3ccc(OC(F)(F)F)cc3CN)cn4CCCN)CC2)c1. The summed E-state index contributed by atoms with van der Waals surface area (Å²) in [6.07, 6.45) is 0.232. The lowest BCUT2D eigenvalue weighted by Crippen LogP contribution is -2.37. The minimum atomic E-state index is -4.76. The number of likely N-dealkylation sites (tertiary alicyclic amines) is 1. The van der Waals surface area contributed by atoms with Crippen LogP contribution in [0.5, 0.6) is 11.5 Å². The third-order valence-electron chi connectivity index (χ3n) is 7.60. The van der Waals surface area contributed by atoms with Crippen molar-refractivity contribution in [3.05, 3.63) is 83.6 Å². The van der Waals surface area contributed by atoms with Crippen LogP contribution in [0.1, 0.15) is 36.0 Å². The minimum absolute atomic E-state index is 0.0825. The number of ether oxygens (including phenoxy) is 2. The Labute approximate surface area is 238 Å². The number of halogens is 3. The van der Waals surface area contributed by atoms with Gasteiger partial charge in [-0.25, -0.2) is 0 Å². The van der Waals surface area contributed by atoms with Crippen molar-refractivity contribution in [1.29, 1.82) is 0 Å². The van der Waals surface area contributed by atoms with Gasteiger partial charge >= 0.3 is 6.36 Å². The number of aryl methyl sites for hydroxylation is 2. The molecule has 41 heavy (non-hydrogen) atoms. The molecular weight excluding hydrogens is 529 g/mol. The Hall–Kier alpha value is -3.53. The lowest BCUT2D eigenvalue weighted by atomic mass is 9.97. The number of nitrogens with zero attached hydrogens (tertiary/aromatic N) is 2. The third kappa shape index (κ3) is 7.22. The van der Waals surface area contributed by atoms with Gasteiger partial charge in [0.25, 0.3) is 0 Å². The first-order valence-corrected chi connectivity index (χ1v) is 14.1. The van der Waals surface area contributed by atoms with Gasteiger partial charge in [-0.3, -0.25) is 4.90 Å². The molecule has 0 aliphatic carbocycles. The predicted octanol–water partition coefficient (Wildman–Crippen LogP) is 6.37. The summed E-state index contributed by atoms with van der Waals surface area (Å²) in [6.45, 7) is 6.15. The molecule has 0 spiro atoms. The Morgan fingerprint density at radius 3 is 2.44 bits per heavy atom. The van der Waals surface area contributed by atoms with Crippen LogP contribution in [0, 0.1) is 6.92 Å². The highest BCUT2D eigenvalue weighted by Gasteiger charge is 2.31. The quantitative estimate of drug-likeness (QED) is 0.233. The fraction of sp³-hybridized carbons (Fsp3) is 0.375. The number of hydrogen-bond acceptors (Lipinski definition) is 5. The fourth-order valence-corrected chi connectivity index (χ4v) is 5.63. The lowest BCUT2D eigenvalue weighted by Gasteiger charge is -2.32. The second-order valence-electron chi connectivity index (χ2n) is 10.7. The summed E-state index contributed by atoms with van der Waals surface area (Å²) >= 11 is 0. The number of fused-ring (bicyclic) bond motifs is 1. The van der Waals surface area contributed by atoms with Gasteiger partial charge in [0.15, 0.2) is 0 Å². The standard InChI is InChI=1S/C32H37F3N4O2/c1-22-4-2-5-26(16-22)40-25-10-14-38(15-11-25)20-23-6-9-31-29(17-23)30(21-39(31)13-3-12-36)28-8-7-27(18-24(28)19-37)41-32(33,34)35/h2,4-9,16-18,21,25H,3,10-15,19-20,36-37H2,1H3. The van der Waals surface area contributed by atoms with Gasteiger partial charge < -0.3 is 25.5 Å². The normalized spacial score (nSPS) is 15.0. The molecule has 1 aliphatic heterocycles. The topological polar surface area (TPSA) is 78.7 Å². The van der Waals surface area contributed by atoms with Crippen LogP contribution in [0.4, 0.5) is 13.2 Å². The van der Waals surface area contributed by atoms with Gasteiger partial charge in [-0.05, 0) is 91.4 Å².